The van der Waals surface area contributed by atoms with Crippen LogP contribution in [0.5, 0.6) is 0 Å². The zero-order valence-corrected chi connectivity index (χ0v) is 10.9. The summed E-state index contributed by atoms with van der Waals surface area (Å²) in [5, 5.41) is 8.81. The van der Waals surface area contributed by atoms with Gasteiger partial charge in [-0.1, -0.05) is 45.0 Å². The number of carbonyl (C=O) groups is 1. The molecule has 19 heavy (non-hydrogen) atoms. The van der Waals surface area contributed by atoms with Crippen LogP contribution in [0.4, 0.5) is 13.2 Å². The Morgan fingerprint density at radius 1 is 1.05 bits per heavy atom. The van der Waals surface area contributed by atoms with E-state index >= 15 is 0 Å². The molecule has 0 heterocycles. The zero-order chi connectivity index (χ0) is 15.1. The topological polar surface area (TPSA) is 63.3 Å². The molecule has 1 aromatic rings. The Kier molecular flexibility index (Phi) is 3.69. The van der Waals surface area contributed by atoms with Crippen molar-refractivity contribution < 1.29 is 23.1 Å². The highest BCUT2D eigenvalue weighted by Crippen LogP contribution is 2.37. The van der Waals surface area contributed by atoms with Gasteiger partial charge in [-0.3, -0.25) is 0 Å². The van der Waals surface area contributed by atoms with E-state index in [9.17, 15) is 18.0 Å². The number of rotatable bonds is 2. The van der Waals surface area contributed by atoms with Crippen LogP contribution in [0.1, 0.15) is 31.9 Å². The first-order valence-corrected chi connectivity index (χ1v) is 5.60. The second-order valence-corrected chi connectivity index (χ2v) is 5.44. The van der Waals surface area contributed by atoms with Gasteiger partial charge >= 0.3 is 12.1 Å². The molecule has 3 N–H and O–H groups in total. The van der Waals surface area contributed by atoms with Crippen LogP contribution in [-0.2, 0) is 15.7 Å². The summed E-state index contributed by atoms with van der Waals surface area (Å²) in [7, 11) is 0. The zero-order valence-electron chi connectivity index (χ0n) is 10.9. The molecule has 0 amide bonds. The average molecular weight is 275 g/mol. The van der Waals surface area contributed by atoms with Crippen molar-refractivity contribution in [3.63, 3.8) is 0 Å². The Bertz CT molecular complexity index is 474. The van der Waals surface area contributed by atoms with Gasteiger partial charge in [-0.15, -0.1) is 0 Å². The van der Waals surface area contributed by atoms with E-state index in [0.717, 1.165) is 17.7 Å². The molecule has 0 saturated carbocycles. The van der Waals surface area contributed by atoms with Gasteiger partial charge in [-0.25, -0.2) is 4.79 Å². The highest BCUT2D eigenvalue weighted by atomic mass is 19.4. The van der Waals surface area contributed by atoms with Crippen LogP contribution in [0.25, 0.3) is 0 Å². The number of hydrogen-bond donors (Lipinski definition) is 2. The third-order valence-electron chi connectivity index (χ3n) is 2.99. The number of halogens is 3. The lowest BCUT2D eigenvalue weighted by molar-refractivity contribution is -0.204. The van der Waals surface area contributed by atoms with Crippen molar-refractivity contribution in [1.29, 1.82) is 0 Å². The monoisotopic (exact) mass is 275 g/mol. The van der Waals surface area contributed by atoms with Gasteiger partial charge in [0.25, 0.3) is 0 Å². The lowest BCUT2D eigenvalue weighted by atomic mass is 9.83. The maximum Gasteiger partial charge on any atom is 0.421 e. The molecule has 0 aliphatic heterocycles. The molecular weight excluding hydrogens is 259 g/mol. The van der Waals surface area contributed by atoms with Crippen LogP contribution in [0.2, 0.25) is 0 Å². The lowest BCUT2D eigenvalue weighted by Crippen LogP contribution is -2.56. The molecule has 106 valence electrons. The molecule has 0 aromatic heterocycles. The predicted molar refractivity (Wildman–Crippen MR) is 64.7 cm³/mol. The minimum atomic E-state index is -5.07. The van der Waals surface area contributed by atoms with Crippen molar-refractivity contribution >= 4 is 5.97 Å². The first-order chi connectivity index (χ1) is 8.40. The van der Waals surface area contributed by atoms with E-state index in [0.29, 0.717) is 0 Å². The third kappa shape index (κ3) is 2.73. The number of hydrogen-bond acceptors (Lipinski definition) is 2. The van der Waals surface area contributed by atoms with Gasteiger partial charge < -0.3 is 10.8 Å². The van der Waals surface area contributed by atoms with Gasteiger partial charge in [-0.05, 0) is 16.5 Å². The fraction of sp³-hybridized carbons (Fsp3) is 0.462. The quantitative estimate of drug-likeness (QED) is 0.872. The molecule has 1 rings (SSSR count). The highest BCUT2D eigenvalue weighted by Gasteiger charge is 2.59. The summed E-state index contributed by atoms with van der Waals surface area (Å²) in [4.78, 5) is 10.9. The number of carboxylic acids is 1. The van der Waals surface area contributed by atoms with E-state index in [1.165, 1.54) is 12.1 Å². The lowest BCUT2D eigenvalue weighted by Gasteiger charge is -2.28. The molecule has 1 atom stereocenters. The number of nitrogens with two attached hydrogens (primary N) is 1. The van der Waals surface area contributed by atoms with Crippen LogP contribution < -0.4 is 5.73 Å². The van der Waals surface area contributed by atoms with Crippen LogP contribution in [0, 0.1) is 0 Å². The molecule has 1 unspecified atom stereocenters. The summed E-state index contributed by atoms with van der Waals surface area (Å²) in [6.45, 7) is 5.70. The molecular formula is C13H16F3NO2. The second-order valence-electron chi connectivity index (χ2n) is 5.44. The molecule has 0 aliphatic carbocycles. The SMILES string of the molecule is CC(C)(C)c1ccc(C(N)(C(=O)O)C(F)(F)F)cc1. The van der Waals surface area contributed by atoms with Crippen LogP contribution in [0.15, 0.2) is 24.3 Å². The number of alkyl halides is 3. The Labute approximate surface area is 109 Å². The van der Waals surface area contributed by atoms with Gasteiger partial charge in [0.15, 0.2) is 0 Å². The Morgan fingerprint density at radius 2 is 1.42 bits per heavy atom. The summed E-state index contributed by atoms with van der Waals surface area (Å²) in [5.74, 6) is -2.12. The second kappa shape index (κ2) is 4.52. The van der Waals surface area contributed by atoms with Gasteiger partial charge in [0.2, 0.25) is 5.54 Å². The first kappa shape index (κ1) is 15.5. The maximum atomic E-state index is 12.9. The Morgan fingerprint density at radius 3 is 1.68 bits per heavy atom. The normalized spacial score (nSPS) is 15.9. The summed E-state index contributed by atoms with van der Waals surface area (Å²) >= 11 is 0. The van der Waals surface area contributed by atoms with Crippen molar-refractivity contribution in [2.24, 2.45) is 5.73 Å². The van der Waals surface area contributed by atoms with Gasteiger partial charge in [0.1, 0.15) is 0 Å². The minimum absolute atomic E-state index is 0.239. The average Bonchev–Trinajstić information content (AvgIpc) is 2.25. The van der Waals surface area contributed by atoms with Crippen LogP contribution in [0.3, 0.4) is 0 Å². The van der Waals surface area contributed by atoms with E-state index < -0.39 is 23.2 Å². The van der Waals surface area contributed by atoms with Crippen molar-refractivity contribution in [1.82, 2.24) is 0 Å². The third-order valence-corrected chi connectivity index (χ3v) is 2.99. The van der Waals surface area contributed by atoms with Crippen molar-refractivity contribution in [3.05, 3.63) is 35.4 Å². The van der Waals surface area contributed by atoms with E-state index in [1.807, 2.05) is 20.8 Å². The summed E-state index contributed by atoms with van der Waals surface area (Å²) in [6.07, 6.45) is -5.07. The van der Waals surface area contributed by atoms with E-state index in [1.54, 1.807) is 0 Å². The summed E-state index contributed by atoms with van der Waals surface area (Å²) in [6, 6.07) is 5.15. The smallest absolute Gasteiger partial charge is 0.421 e. The number of aliphatic carboxylic acids is 1. The molecule has 1 aromatic carbocycles. The number of benzene rings is 1. The predicted octanol–water partition coefficient (Wildman–Crippen LogP) is 2.79. The standard InChI is InChI=1S/C13H16F3NO2/c1-11(2,3)8-4-6-9(7-5-8)12(17,10(18)19)13(14,15)16/h4-7H,17H2,1-3H3,(H,18,19). The minimum Gasteiger partial charge on any atom is -0.479 e. The van der Waals surface area contributed by atoms with E-state index in [-0.39, 0.29) is 5.41 Å². The maximum absolute atomic E-state index is 12.9. The summed E-state index contributed by atoms with van der Waals surface area (Å²) in [5.41, 5.74) is 1.76. The molecule has 0 spiro atoms. The Balaban J connectivity index is 3.32. The molecule has 6 heteroatoms. The fourth-order valence-electron chi connectivity index (χ4n) is 1.64. The molecule has 0 radical (unpaired) electrons. The molecule has 3 nitrogen and oxygen atoms in total. The molecule has 0 fully saturated rings. The van der Waals surface area contributed by atoms with Crippen molar-refractivity contribution in [3.8, 4) is 0 Å². The molecule has 0 saturated heterocycles. The number of carboxylic acid groups (broad SMARTS) is 1. The largest absolute Gasteiger partial charge is 0.479 e. The van der Waals surface area contributed by atoms with Crippen molar-refractivity contribution in [2.75, 3.05) is 0 Å². The molecule has 0 bridgehead atoms. The van der Waals surface area contributed by atoms with Gasteiger partial charge in [0, 0.05) is 0 Å². The first-order valence-electron chi connectivity index (χ1n) is 5.60. The van der Waals surface area contributed by atoms with E-state index in [2.05, 4.69) is 0 Å². The van der Waals surface area contributed by atoms with Crippen LogP contribution >= 0.6 is 0 Å². The van der Waals surface area contributed by atoms with Crippen molar-refractivity contribution in [2.45, 2.75) is 37.9 Å². The van der Waals surface area contributed by atoms with E-state index in [4.69, 9.17) is 10.8 Å². The van der Waals surface area contributed by atoms with Gasteiger partial charge in [-0.2, -0.15) is 13.2 Å². The highest BCUT2D eigenvalue weighted by molar-refractivity contribution is 5.81. The fourth-order valence-corrected chi connectivity index (χ4v) is 1.64. The van der Waals surface area contributed by atoms with Gasteiger partial charge in [0.05, 0.1) is 0 Å². The molecule has 0 aliphatic rings. The summed E-state index contributed by atoms with van der Waals surface area (Å²) < 4.78 is 38.6. The Hall–Kier alpha value is -1.56. The van der Waals surface area contributed by atoms with Crippen LogP contribution in [-0.4, -0.2) is 17.3 Å².